The second kappa shape index (κ2) is 9.95. The number of anilines is 1. The van der Waals surface area contributed by atoms with Crippen LogP contribution in [0.3, 0.4) is 0 Å². The third kappa shape index (κ3) is 4.92. The van der Waals surface area contributed by atoms with E-state index in [0.29, 0.717) is 35.7 Å². The second-order valence-electron chi connectivity index (χ2n) is 13.1. The highest BCUT2D eigenvalue weighted by atomic mass is 35.5. The van der Waals surface area contributed by atoms with Gasteiger partial charge < -0.3 is 14.7 Å². The molecule has 40 heavy (non-hydrogen) atoms. The molecule has 2 aromatic rings. The number of carbonyl (C=O) groups is 1. The number of aryl methyl sites for hydroxylation is 1. The summed E-state index contributed by atoms with van der Waals surface area (Å²) in [7, 11) is -2.76. The van der Waals surface area contributed by atoms with E-state index in [9.17, 15) is 14.1 Å². The van der Waals surface area contributed by atoms with E-state index < -0.39 is 9.71 Å². The Morgan fingerprint density at radius 3 is 2.77 bits per heavy atom. The molecule has 2 heterocycles. The average Bonchev–Trinajstić information content (AvgIpc) is 3.65. The summed E-state index contributed by atoms with van der Waals surface area (Å²) in [6.45, 7) is 2.14. The highest BCUT2D eigenvalue weighted by Crippen LogP contribution is 2.48. The predicted molar refractivity (Wildman–Crippen MR) is 161 cm³/mol. The Morgan fingerprint density at radius 2 is 1.95 bits per heavy atom. The molecule has 0 radical (unpaired) electrons. The topological polar surface area (TPSA) is 78.9 Å². The van der Waals surface area contributed by atoms with Crippen molar-refractivity contribution in [1.29, 1.82) is 0 Å². The number of hydrogen-bond acceptors (Lipinski definition) is 5. The maximum Gasteiger partial charge on any atom is 0.262 e. The van der Waals surface area contributed by atoms with Gasteiger partial charge in [-0.1, -0.05) is 17.7 Å². The van der Waals surface area contributed by atoms with Crippen LogP contribution in [0.2, 0.25) is 5.02 Å². The molecule has 2 saturated carbocycles. The summed E-state index contributed by atoms with van der Waals surface area (Å²) in [5.41, 5.74) is 3.78. The molecule has 2 bridgehead atoms. The molecule has 2 N–H and O–H groups in total. The van der Waals surface area contributed by atoms with Crippen molar-refractivity contribution in [2.45, 2.75) is 62.9 Å². The van der Waals surface area contributed by atoms with E-state index in [2.05, 4.69) is 27.6 Å². The van der Waals surface area contributed by atoms with Gasteiger partial charge >= 0.3 is 0 Å². The molecule has 1 amide bonds. The molecule has 1 spiro atoms. The lowest BCUT2D eigenvalue weighted by Gasteiger charge is -2.45. The van der Waals surface area contributed by atoms with Gasteiger partial charge in [-0.15, -0.1) is 0 Å². The maximum absolute atomic E-state index is 13.3. The molecular weight excluding hydrogens is 544 g/mol. The minimum absolute atomic E-state index is 0.193. The Bertz CT molecular complexity index is 1440. The smallest absolute Gasteiger partial charge is 0.262 e. The second-order valence-corrected chi connectivity index (χ2v) is 15.7. The number of carbonyl (C=O) groups excluding carboxylic acids is 1. The van der Waals surface area contributed by atoms with Crippen molar-refractivity contribution in [2.24, 2.45) is 23.7 Å². The highest BCUT2D eigenvalue weighted by molar-refractivity contribution is 7.99. The summed E-state index contributed by atoms with van der Waals surface area (Å²) in [6.07, 6.45) is 7.68. The first kappa shape index (κ1) is 26.7. The fourth-order valence-electron chi connectivity index (χ4n) is 7.95. The molecule has 214 valence electrons. The SMILES string of the molecule is C=S1(=O)C[C@@H]2C[C@@H]2CC[C@H](O)[C@@H]2CC[C@H]2CN2C[C@@]3(CCCc4cc(Cl)ccc43)COc3ccc(cc32)C(=O)N1. The Morgan fingerprint density at radius 1 is 1.10 bits per heavy atom. The van der Waals surface area contributed by atoms with E-state index in [1.807, 2.05) is 18.2 Å². The fraction of sp³-hybridized carbons (Fsp3) is 0.562. The first-order valence-electron chi connectivity index (χ1n) is 14.9. The quantitative estimate of drug-likeness (QED) is 0.428. The number of aliphatic hydroxyl groups excluding tert-OH is 1. The standard InChI is InChI=1S/C32H39ClN2O4S/c1-40(38)17-24-13-20(24)5-10-29(36)26-8-4-23(26)16-35-18-32(12-2-3-21-14-25(33)7-9-27(21)32)19-39-30-11-6-22(15-28(30)35)31(37)34-40/h6-7,9,11,14-15,20,23-24,26,29,36H,1-5,8,10,12-13,16-19H2,(H,34,37,38)/t20-,23-,24-,26+,29-,32-,40?/m0/s1. The van der Waals surface area contributed by atoms with Crippen molar-refractivity contribution in [2.75, 3.05) is 30.3 Å². The van der Waals surface area contributed by atoms with Crippen molar-refractivity contribution in [1.82, 2.24) is 4.72 Å². The molecule has 2 fully saturated rings. The molecule has 0 aromatic heterocycles. The van der Waals surface area contributed by atoms with Crippen molar-refractivity contribution >= 4 is 38.8 Å². The number of rotatable bonds is 0. The Kier molecular flexibility index (Phi) is 6.64. The molecule has 2 aliphatic heterocycles. The van der Waals surface area contributed by atoms with Crippen molar-refractivity contribution in [3.8, 4) is 5.75 Å². The van der Waals surface area contributed by atoms with Gasteiger partial charge in [-0.25, -0.2) is 4.21 Å². The van der Waals surface area contributed by atoms with Gasteiger partial charge in [0.05, 0.1) is 18.4 Å². The van der Waals surface area contributed by atoms with Crippen molar-refractivity contribution < 1.29 is 18.8 Å². The minimum Gasteiger partial charge on any atom is -0.490 e. The maximum atomic E-state index is 13.3. The lowest BCUT2D eigenvalue weighted by atomic mass is 9.68. The average molecular weight is 583 g/mol. The molecule has 0 saturated heterocycles. The van der Waals surface area contributed by atoms with E-state index in [-0.39, 0.29) is 23.3 Å². The van der Waals surface area contributed by atoms with Gasteiger partial charge in [0.15, 0.2) is 0 Å². The molecule has 7 rings (SSSR count). The lowest BCUT2D eigenvalue weighted by molar-refractivity contribution is 0.00837. The monoisotopic (exact) mass is 582 g/mol. The summed E-state index contributed by atoms with van der Waals surface area (Å²) in [4.78, 5) is 15.8. The van der Waals surface area contributed by atoms with Gasteiger partial charge in [0, 0.05) is 44.6 Å². The van der Waals surface area contributed by atoms with E-state index in [1.54, 1.807) is 6.07 Å². The van der Waals surface area contributed by atoms with Gasteiger partial charge in [0.25, 0.3) is 5.91 Å². The van der Waals surface area contributed by atoms with E-state index in [4.69, 9.17) is 16.3 Å². The Balaban J connectivity index is 1.28. The first-order chi connectivity index (χ1) is 19.2. The van der Waals surface area contributed by atoms with Crippen LogP contribution in [0.25, 0.3) is 0 Å². The minimum atomic E-state index is -2.76. The summed E-state index contributed by atoms with van der Waals surface area (Å²) < 4.78 is 22.6. The third-order valence-corrected chi connectivity index (χ3v) is 12.1. The summed E-state index contributed by atoms with van der Waals surface area (Å²) in [6, 6.07) is 11.8. The van der Waals surface area contributed by atoms with Crippen molar-refractivity contribution in [3.05, 3.63) is 58.1 Å². The number of ether oxygens (including phenoxy) is 1. The van der Waals surface area contributed by atoms with Crippen LogP contribution in [0.15, 0.2) is 36.4 Å². The zero-order chi connectivity index (χ0) is 27.6. The third-order valence-electron chi connectivity index (χ3n) is 10.4. The number of hydrogen-bond donors (Lipinski definition) is 2. The van der Waals surface area contributed by atoms with Crippen LogP contribution in [0.1, 0.15) is 66.4 Å². The van der Waals surface area contributed by atoms with Gasteiger partial charge in [0.2, 0.25) is 0 Å². The lowest BCUT2D eigenvalue weighted by Crippen LogP contribution is -2.49. The number of nitrogens with zero attached hydrogens (tertiary/aromatic N) is 1. The van der Waals surface area contributed by atoms with Crippen LogP contribution in [-0.4, -0.2) is 52.6 Å². The normalized spacial score (nSPS) is 37.1. The van der Waals surface area contributed by atoms with Gasteiger partial charge in [-0.3, -0.25) is 9.52 Å². The molecule has 5 aliphatic rings. The van der Waals surface area contributed by atoms with E-state index >= 15 is 0 Å². The number of nitrogens with one attached hydrogen (secondary N) is 1. The van der Waals surface area contributed by atoms with Crippen LogP contribution in [0.4, 0.5) is 5.69 Å². The van der Waals surface area contributed by atoms with Crippen molar-refractivity contribution in [3.63, 3.8) is 0 Å². The molecule has 3 aliphatic carbocycles. The van der Waals surface area contributed by atoms with Crippen LogP contribution in [0.5, 0.6) is 5.75 Å². The number of halogens is 1. The van der Waals surface area contributed by atoms with E-state index in [0.717, 1.165) is 80.9 Å². The molecule has 1 unspecified atom stereocenters. The van der Waals surface area contributed by atoms with Crippen LogP contribution < -0.4 is 14.4 Å². The number of amides is 1. The first-order valence-corrected chi connectivity index (χ1v) is 17.1. The van der Waals surface area contributed by atoms with Gasteiger partial charge in [-0.05, 0) is 122 Å². The van der Waals surface area contributed by atoms with Gasteiger partial charge in [-0.2, -0.15) is 0 Å². The summed E-state index contributed by atoms with van der Waals surface area (Å²) in [5.74, 6) is 6.18. The molecule has 2 aromatic carbocycles. The number of fused-ring (bicyclic) bond motifs is 5. The number of benzene rings is 2. The number of aliphatic hydroxyl groups is 1. The van der Waals surface area contributed by atoms with Crippen LogP contribution >= 0.6 is 11.6 Å². The Labute approximate surface area is 242 Å². The summed E-state index contributed by atoms with van der Waals surface area (Å²) >= 11 is 6.40. The molecule has 7 atom stereocenters. The summed E-state index contributed by atoms with van der Waals surface area (Å²) in [5, 5.41) is 12.0. The highest BCUT2D eigenvalue weighted by Gasteiger charge is 2.45. The van der Waals surface area contributed by atoms with E-state index in [1.165, 1.54) is 11.1 Å². The van der Waals surface area contributed by atoms with Gasteiger partial charge in [0.1, 0.15) is 5.75 Å². The predicted octanol–water partition coefficient (Wildman–Crippen LogP) is 4.99. The van der Waals surface area contributed by atoms with Crippen LogP contribution in [0, 0.1) is 23.7 Å². The molecule has 6 nitrogen and oxygen atoms in total. The zero-order valence-electron chi connectivity index (χ0n) is 22.9. The molecular formula is C32H39ClN2O4S. The zero-order valence-corrected chi connectivity index (χ0v) is 24.5. The molecule has 8 heteroatoms. The fourth-order valence-corrected chi connectivity index (χ4v) is 9.78. The Hall–Kier alpha value is -2.22. The largest absolute Gasteiger partial charge is 0.490 e. The van der Waals surface area contributed by atoms with Crippen LogP contribution in [-0.2, 0) is 21.5 Å².